The fraction of sp³-hybridized carbons (Fsp3) is 1.00. The lowest BCUT2D eigenvalue weighted by molar-refractivity contribution is 0.184. The zero-order valence-electron chi connectivity index (χ0n) is 6.73. The van der Waals surface area contributed by atoms with Gasteiger partial charge in [-0.2, -0.15) is 0 Å². The van der Waals surface area contributed by atoms with Gasteiger partial charge in [0.2, 0.25) is 0 Å². The quantitative estimate of drug-likeness (QED) is 0.593. The molecule has 0 bridgehead atoms. The first-order valence-electron chi connectivity index (χ1n) is 4.22. The van der Waals surface area contributed by atoms with Gasteiger partial charge in [0.15, 0.2) is 0 Å². The van der Waals surface area contributed by atoms with Crippen LogP contribution in [0.15, 0.2) is 0 Å². The summed E-state index contributed by atoms with van der Waals surface area (Å²) in [6.45, 7) is 6.37. The van der Waals surface area contributed by atoms with Crippen LogP contribution in [0.3, 0.4) is 0 Å². The van der Waals surface area contributed by atoms with Crippen LogP contribution in [0.4, 0.5) is 0 Å². The van der Waals surface area contributed by atoms with E-state index in [0.29, 0.717) is 0 Å². The van der Waals surface area contributed by atoms with Gasteiger partial charge in [0.1, 0.15) is 0 Å². The van der Waals surface area contributed by atoms with E-state index in [4.69, 9.17) is 4.74 Å². The number of hydrogen-bond donors (Lipinski definition) is 1. The number of hydrogen-bond acceptors (Lipinski definition) is 2. The van der Waals surface area contributed by atoms with Crippen molar-refractivity contribution in [3.8, 4) is 0 Å². The predicted octanol–water partition coefficient (Wildman–Crippen LogP) is 1.02. The minimum absolute atomic E-state index is 0.832. The van der Waals surface area contributed by atoms with Crippen molar-refractivity contribution >= 4 is 0 Å². The Morgan fingerprint density at radius 1 is 1.60 bits per heavy atom. The van der Waals surface area contributed by atoms with Crippen molar-refractivity contribution in [2.75, 3.05) is 26.3 Å². The summed E-state index contributed by atoms with van der Waals surface area (Å²) in [5.74, 6) is 0.832. The molecule has 10 heavy (non-hydrogen) atoms. The van der Waals surface area contributed by atoms with Crippen molar-refractivity contribution in [3.05, 3.63) is 0 Å². The molecule has 0 radical (unpaired) electrons. The molecule has 1 saturated heterocycles. The van der Waals surface area contributed by atoms with Gasteiger partial charge in [0.25, 0.3) is 0 Å². The third kappa shape index (κ3) is 2.67. The van der Waals surface area contributed by atoms with E-state index in [9.17, 15) is 0 Å². The SMILES string of the molecule is CCNCC[C@@H]1CCOC1. The molecule has 0 unspecified atom stereocenters. The van der Waals surface area contributed by atoms with Gasteiger partial charge in [-0.25, -0.2) is 0 Å². The average molecular weight is 143 g/mol. The van der Waals surface area contributed by atoms with E-state index >= 15 is 0 Å². The van der Waals surface area contributed by atoms with E-state index in [1.54, 1.807) is 0 Å². The topological polar surface area (TPSA) is 21.3 Å². The first kappa shape index (κ1) is 8.02. The Bertz CT molecular complexity index is 79.3. The third-order valence-electron chi connectivity index (χ3n) is 2.00. The second-order valence-corrected chi connectivity index (χ2v) is 2.87. The molecule has 2 nitrogen and oxygen atoms in total. The molecule has 1 heterocycles. The van der Waals surface area contributed by atoms with Gasteiger partial charge < -0.3 is 10.1 Å². The van der Waals surface area contributed by atoms with Gasteiger partial charge in [0, 0.05) is 13.2 Å². The maximum atomic E-state index is 5.26. The fourth-order valence-corrected chi connectivity index (χ4v) is 1.29. The van der Waals surface area contributed by atoms with E-state index in [1.807, 2.05) is 0 Å². The van der Waals surface area contributed by atoms with Crippen LogP contribution in [0.5, 0.6) is 0 Å². The Kier molecular flexibility index (Phi) is 3.76. The Hall–Kier alpha value is -0.0800. The summed E-state index contributed by atoms with van der Waals surface area (Å²) >= 11 is 0. The Balaban J connectivity index is 1.91. The minimum atomic E-state index is 0.832. The summed E-state index contributed by atoms with van der Waals surface area (Å²) in [5.41, 5.74) is 0. The molecule has 0 aromatic rings. The Morgan fingerprint density at radius 3 is 3.10 bits per heavy atom. The number of ether oxygens (including phenoxy) is 1. The maximum absolute atomic E-state index is 5.26. The molecule has 1 aliphatic rings. The molecule has 1 rings (SSSR count). The molecule has 0 aromatic heterocycles. The molecule has 0 saturated carbocycles. The fourth-order valence-electron chi connectivity index (χ4n) is 1.29. The summed E-state index contributed by atoms with van der Waals surface area (Å²) in [6.07, 6.45) is 2.55. The smallest absolute Gasteiger partial charge is 0.0495 e. The molecule has 1 fully saturated rings. The first-order valence-corrected chi connectivity index (χ1v) is 4.22. The van der Waals surface area contributed by atoms with E-state index in [2.05, 4.69) is 12.2 Å². The van der Waals surface area contributed by atoms with Crippen molar-refractivity contribution in [1.29, 1.82) is 0 Å². The van der Waals surface area contributed by atoms with Gasteiger partial charge in [-0.05, 0) is 31.8 Å². The monoisotopic (exact) mass is 143 g/mol. The zero-order chi connectivity index (χ0) is 7.23. The minimum Gasteiger partial charge on any atom is -0.381 e. The Morgan fingerprint density at radius 2 is 2.50 bits per heavy atom. The Labute approximate surface area is 63.0 Å². The standard InChI is InChI=1S/C8H17NO/c1-2-9-5-3-8-4-6-10-7-8/h8-9H,2-7H2,1H3/t8-/m1/s1. The van der Waals surface area contributed by atoms with Crippen LogP contribution in [0.2, 0.25) is 0 Å². The lowest BCUT2D eigenvalue weighted by Crippen LogP contribution is -2.17. The van der Waals surface area contributed by atoms with Gasteiger partial charge in [0.05, 0.1) is 0 Å². The third-order valence-corrected chi connectivity index (χ3v) is 2.00. The van der Waals surface area contributed by atoms with E-state index in [0.717, 1.165) is 32.2 Å². The van der Waals surface area contributed by atoms with Crippen LogP contribution in [-0.2, 0) is 4.74 Å². The molecular formula is C8H17NO. The van der Waals surface area contributed by atoms with E-state index in [-0.39, 0.29) is 0 Å². The van der Waals surface area contributed by atoms with Gasteiger partial charge >= 0.3 is 0 Å². The van der Waals surface area contributed by atoms with Crippen molar-refractivity contribution in [1.82, 2.24) is 5.32 Å². The molecule has 1 atom stereocenters. The molecule has 0 amide bonds. The summed E-state index contributed by atoms with van der Waals surface area (Å²) in [4.78, 5) is 0. The van der Waals surface area contributed by atoms with Gasteiger partial charge in [-0.1, -0.05) is 6.92 Å². The van der Waals surface area contributed by atoms with Crippen LogP contribution in [0, 0.1) is 5.92 Å². The lowest BCUT2D eigenvalue weighted by Gasteiger charge is -2.06. The van der Waals surface area contributed by atoms with Crippen molar-refractivity contribution in [2.24, 2.45) is 5.92 Å². The molecule has 0 aromatic carbocycles. The maximum Gasteiger partial charge on any atom is 0.0495 e. The molecular weight excluding hydrogens is 126 g/mol. The summed E-state index contributed by atoms with van der Waals surface area (Å²) in [5, 5.41) is 3.32. The number of nitrogens with one attached hydrogen (secondary N) is 1. The van der Waals surface area contributed by atoms with E-state index < -0.39 is 0 Å². The molecule has 0 aliphatic carbocycles. The molecule has 1 N–H and O–H groups in total. The van der Waals surface area contributed by atoms with Crippen molar-refractivity contribution in [3.63, 3.8) is 0 Å². The van der Waals surface area contributed by atoms with Crippen molar-refractivity contribution < 1.29 is 4.74 Å². The van der Waals surface area contributed by atoms with Crippen LogP contribution in [0.1, 0.15) is 19.8 Å². The second kappa shape index (κ2) is 4.69. The van der Waals surface area contributed by atoms with Crippen LogP contribution in [0.25, 0.3) is 0 Å². The van der Waals surface area contributed by atoms with Crippen LogP contribution in [-0.4, -0.2) is 26.3 Å². The summed E-state index contributed by atoms with van der Waals surface area (Å²) < 4.78 is 5.26. The lowest BCUT2D eigenvalue weighted by atomic mass is 10.1. The van der Waals surface area contributed by atoms with E-state index in [1.165, 1.54) is 12.8 Å². The highest BCUT2D eigenvalue weighted by atomic mass is 16.5. The first-order chi connectivity index (χ1) is 4.93. The van der Waals surface area contributed by atoms with Gasteiger partial charge in [-0.3, -0.25) is 0 Å². The zero-order valence-corrected chi connectivity index (χ0v) is 6.73. The highest BCUT2D eigenvalue weighted by Crippen LogP contribution is 2.14. The summed E-state index contributed by atoms with van der Waals surface area (Å²) in [6, 6.07) is 0. The summed E-state index contributed by atoms with van der Waals surface area (Å²) in [7, 11) is 0. The average Bonchev–Trinajstić information content (AvgIpc) is 2.41. The van der Waals surface area contributed by atoms with Crippen LogP contribution < -0.4 is 5.32 Å². The second-order valence-electron chi connectivity index (χ2n) is 2.87. The highest BCUT2D eigenvalue weighted by Gasteiger charge is 2.13. The molecule has 60 valence electrons. The van der Waals surface area contributed by atoms with Crippen LogP contribution >= 0.6 is 0 Å². The normalized spacial score (nSPS) is 25.5. The van der Waals surface area contributed by atoms with Crippen molar-refractivity contribution in [2.45, 2.75) is 19.8 Å². The molecule has 1 aliphatic heterocycles. The molecule has 0 spiro atoms. The predicted molar refractivity (Wildman–Crippen MR) is 42.1 cm³/mol. The van der Waals surface area contributed by atoms with Gasteiger partial charge in [-0.15, -0.1) is 0 Å². The number of rotatable bonds is 4. The largest absolute Gasteiger partial charge is 0.381 e. The molecule has 2 heteroatoms. The highest BCUT2D eigenvalue weighted by molar-refractivity contribution is 4.64.